The van der Waals surface area contributed by atoms with Gasteiger partial charge < -0.3 is 15.1 Å². The van der Waals surface area contributed by atoms with Crippen LogP contribution in [0.5, 0.6) is 0 Å². The Morgan fingerprint density at radius 3 is 2.46 bits per heavy atom. The summed E-state index contributed by atoms with van der Waals surface area (Å²) in [5.74, 6) is -0.655. The summed E-state index contributed by atoms with van der Waals surface area (Å²) in [5.41, 5.74) is 0.282. The third-order valence-electron chi connectivity index (χ3n) is 6.02. The smallest absolute Gasteiger partial charge is 0.322 e. The maximum atomic E-state index is 12.9. The van der Waals surface area contributed by atoms with Gasteiger partial charge in [0.15, 0.2) is 0 Å². The standard InChI is InChI=1S/C20H24N4O4/c25-16-12-15(13-24(16)9-6-14-4-2-1-3-5-14)17(26)23-10-7-20(8-11-23)18(27)21-19(28)22-20/h1-5,15H,6-13H2,(H2,21,22,27,28)/t15-/m1/s1. The number of nitrogens with zero attached hydrogens (tertiary/aromatic N) is 2. The van der Waals surface area contributed by atoms with Crippen molar-refractivity contribution in [3.05, 3.63) is 35.9 Å². The molecule has 0 aliphatic carbocycles. The van der Waals surface area contributed by atoms with Crippen molar-refractivity contribution in [3.63, 3.8) is 0 Å². The molecule has 3 saturated heterocycles. The fourth-order valence-corrected chi connectivity index (χ4v) is 4.31. The van der Waals surface area contributed by atoms with Crippen LogP contribution in [-0.4, -0.2) is 65.3 Å². The van der Waals surface area contributed by atoms with Crippen molar-refractivity contribution < 1.29 is 19.2 Å². The molecule has 0 bridgehead atoms. The number of hydrogen-bond donors (Lipinski definition) is 2. The molecule has 0 radical (unpaired) electrons. The highest BCUT2D eigenvalue weighted by Gasteiger charge is 2.49. The van der Waals surface area contributed by atoms with Gasteiger partial charge in [0.1, 0.15) is 5.54 Å². The zero-order valence-electron chi connectivity index (χ0n) is 15.6. The van der Waals surface area contributed by atoms with E-state index in [0.717, 1.165) is 6.42 Å². The first kappa shape index (κ1) is 18.5. The summed E-state index contributed by atoms with van der Waals surface area (Å²) in [6.45, 7) is 1.87. The Hall–Kier alpha value is -2.90. The summed E-state index contributed by atoms with van der Waals surface area (Å²) < 4.78 is 0. The van der Waals surface area contributed by atoms with E-state index in [9.17, 15) is 19.2 Å². The molecule has 0 saturated carbocycles. The highest BCUT2D eigenvalue weighted by atomic mass is 16.2. The van der Waals surface area contributed by atoms with Crippen LogP contribution in [0.15, 0.2) is 30.3 Å². The molecule has 5 amide bonds. The van der Waals surface area contributed by atoms with Gasteiger partial charge in [0.2, 0.25) is 11.8 Å². The lowest BCUT2D eigenvalue weighted by atomic mass is 9.87. The van der Waals surface area contributed by atoms with Gasteiger partial charge in [0, 0.05) is 32.6 Å². The third kappa shape index (κ3) is 3.46. The van der Waals surface area contributed by atoms with E-state index in [1.807, 2.05) is 30.3 Å². The molecule has 3 heterocycles. The molecule has 2 N–H and O–H groups in total. The number of nitrogens with one attached hydrogen (secondary N) is 2. The molecule has 1 atom stereocenters. The van der Waals surface area contributed by atoms with Crippen molar-refractivity contribution in [3.8, 4) is 0 Å². The topological polar surface area (TPSA) is 98.8 Å². The molecule has 3 aliphatic heterocycles. The fraction of sp³-hybridized carbons (Fsp3) is 0.500. The lowest BCUT2D eigenvalue weighted by Crippen LogP contribution is -2.56. The molecule has 148 valence electrons. The van der Waals surface area contributed by atoms with Crippen molar-refractivity contribution in [2.45, 2.75) is 31.2 Å². The Morgan fingerprint density at radius 2 is 1.82 bits per heavy atom. The summed E-state index contributed by atoms with van der Waals surface area (Å²) >= 11 is 0. The normalized spacial score (nSPS) is 23.9. The molecule has 1 aromatic carbocycles. The lowest BCUT2D eigenvalue weighted by Gasteiger charge is -2.37. The Morgan fingerprint density at radius 1 is 1.11 bits per heavy atom. The number of carbonyl (C=O) groups excluding carboxylic acids is 4. The van der Waals surface area contributed by atoms with Crippen molar-refractivity contribution in [2.75, 3.05) is 26.2 Å². The summed E-state index contributed by atoms with van der Waals surface area (Å²) in [6.07, 6.45) is 1.81. The Bertz CT molecular complexity index is 802. The monoisotopic (exact) mass is 384 g/mol. The fourth-order valence-electron chi connectivity index (χ4n) is 4.31. The Kier molecular flexibility index (Phi) is 4.78. The van der Waals surface area contributed by atoms with Gasteiger partial charge in [-0.15, -0.1) is 0 Å². The van der Waals surface area contributed by atoms with E-state index in [0.29, 0.717) is 39.0 Å². The van der Waals surface area contributed by atoms with Crippen LogP contribution in [0, 0.1) is 5.92 Å². The van der Waals surface area contributed by atoms with Crippen molar-refractivity contribution in [1.29, 1.82) is 0 Å². The van der Waals surface area contributed by atoms with Crippen LogP contribution in [0.25, 0.3) is 0 Å². The van der Waals surface area contributed by atoms with E-state index in [1.165, 1.54) is 5.56 Å². The van der Waals surface area contributed by atoms with Gasteiger partial charge in [0.05, 0.1) is 5.92 Å². The van der Waals surface area contributed by atoms with Crippen LogP contribution >= 0.6 is 0 Å². The number of imide groups is 1. The maximum Gasteiger partial charge on any atom is 0.322 e. The molecule has 3 aliphatic rings. The van der Waals surface area contributed by atoms with E-state index >= 15 is 0 Å². The van der Waals surface area contributed by atoms with Crippen LogP contribution < -0.4 is 10.6 Å². The minimum Gasteiger partial charge on any atom is -0.342 e. The zero-order valence-corrected chi connectivity index (χ0v) is 15.6. The Labute approximate surface area is 163 Å². The predicted molar refractivity (Wildman–Crippen MR) is 100 cm³/mol. The summed E-state index contributed by atoms with van der Waals surface area (Å²) in [5, 5.41) is 4.97. The second-order valence-electron chi connectivity index (χ2n) is 7.79. The average molecular weight is 384 g/mol. The van der Waals surface area contributed by atoms with Gasteiger partial charge in [-0.1, -0.05) is 30.3 Å². The third-order valence-corrected chi connectivity index (χ3v) is 6.02. The van der Waals surface area contributed by atoms with E-state index in [1.54, 1.807) is 9.80 Å². The van der Waals surface area contributed by atoms with Crippen molar-refractivity contribution in [1.82, 2.24) is 20.4 Å². The second-order valence-corrected chi connectivity index (χ2v) is 7.79. The first-order valence-electron chi connectivity index (χ1n) is 9.71. The quantitative estimate of drug-likeness (QED) is 0.729. The lowest BCUT2D eigenvalue weighted by molar-refractivity contribution is -0.139. The van der Waals surface area contributed by atoms with Crippen LogP contribution in [0.2, 0.25) is 0 Å². The van der Waals surface area contributed by atoms with Crippen molar-refractivity contribution in [2.24, 2.45) is 5.92 Å². The molecule has 8 heteroatoms. The summed E-state index contributed by atoms with van der Waals surface area (Å²) in [7, 11) is 0. The number of likely N-dealkylation sites (tertiary alicyclic amines) is 2. The molecule has 4 rings (SSSR count). The number of benzene rings is 1. The molecule has 1 aromatic rings. The Balaban J connectivity index is 1.30. The SMILES string of the molecule is O=C1NC(=O)C2(CCN(C(=O)[C@@H]3CC(=O)N(CCc4ccccc4)C3)CC2)N1. The van der Waals surface area contributed by atoms with Gasteiger partial charge in [-0.3, -0.25) is 19.7 Å². The predicted octanol–water partition coefficient (Wildman–Crippen LogP) is 0.278. The van der Waals surface area contributed by atoms with E-state index in [-0.39, 0.29) is 30.1 Å². The largest absolute Gasteiger partial charge is 0.342 e. The number of amides is 5. The van der Waals surface area contributed by atoms with Crippen LogP contribution in [0.1, 0.15) is 24.8 Å². The first-order chi connectivity index (χ1) is 13.5. The summed E-state index contributed by atoms with van der Waals surface area (Å²) in [4.78, 5) is 52.1. The molecule has 3 fully saturated rings. The number of carbonyl (C=O) groups is 4. The second kappa shape index (κ2) is 7.26. The first-order valence-corrected chi connectivity index (χ1v) is 9.71. The van der Waals surface area contributed by atoms with Crippen LogP contribution in [0.4, 0.5) is 4.79 Å². The van der Waals surface area contributed by atoms with Gasteiger partial charge in [-0.25, -0.2) is 4.79 Å². The number of hydrogen-bond acceptors (Lipinski definition) is 4. The van der Waals surface area contributed by atoms with Crippen LogP contribution in [-0.2, 0) is 20.8 Å². The average Bonchev–Trinajstić information content (AvgIpc) is 3.20. The number of rotatable bonds is 4. The molecule has 28 heavy (non-hydrogen) atoms. The van der Waals surface area contributed by atoms with Gasteiger partial charge >= 0.3 is 6.03 Å². The molecule has 8 nitrogen and oxygen atoms in total. The minimum atomic E-state index is -0.888. The highest BCUT2D eigenvalue weighted by Crippen LogP contribution is 2.28. The van der Waals surface area contributed by atoms with Gasteiger partial charge in [0.25, 0.3) is 5.91 Å². The summed E-state index contributed by atoms with van der Waals surface area (Å²) in [6, 6.07) is 9.51. The van der Waals surface area contributed by atoms with Gasteiger partial charge in [-0.05, 0) is 24.8 Å². The molecule has 1 spiro atoms. The zero-order chi connectivity index (χ0) is 19.7. The molecular formula is C20H24N4O4. The molecular weight excluding hydrogens is 360 g/mol. The minimum absolute atomic E-state index is 0.0187. The van der Waals surface area contributed by atoms with E-state index in [2.05, 4.69) is 10.6 Å². The molecule has 0 aromatic heterocycles. The maximum absolute atomic E-state index is 12.9. The van der Waals surface area contributed by atoms with Gasteiger partial charge in [-0.2, -0.15) is 0 Å². The molecule has 0 unspecified atom stereocenters. The number of urea groups is 1. The van der Waals surface area contributed by atoms with E-state index in [4.69, 9.17) is 0 Å². The highest BCUT2D eigenvalue weighted by molar-refractivity contribution is 6.07. The van der Waals surface area contributed by atoms with E-state index < -0.39 is 11.6 Å². The van der Waals surface area contributed by atoms with Crippen molar-refractivity contribution >= 4 is 23.8 Å². The number of piperidine rings is 1. The van der Waals surface area contributed by atoms with Crippen LogP contribution in [0.3, 0.4) is 0 Å².